The van der Waals surface area contributed by atoms with Crippen LogP contribution in [0.5, 0.6) is 5.75 Å². The first-order valence-corrected chi connectivity index (χ1v) is 16.9. The number of thiol groups is 2. The summed E-state index contributed by atoms with van der Waals surface area (Å²) in [5.41, 5.74) is 8.56. The molecule has 0 aromatic heterocycles. The van der Waals surface area contributed by atoms with Gasteiger partial charge < -0.3 is 36.8 Å². The summed E-state index contributed by atoms with van der Waals surface area (Å²) in [5, 5.41) is 27.2. The zero-order chi connectivity index (χ0) is 35.9. The summed E-state index contributed by atoms with van der Waals surface area (Å²) >= 11 is 10.3. The fourth-order valence-electron chi connectivity index (χ4n) is 4.92. The second-order valence-electron chi connectivity index (χ2n) is 12.7. The van der Waals surface area contributed by atoms with Crippen LogP contribution in [0.25, 0.3) is 0 Å². The normalized spacial score (nSPS) is 15.8. The van der Waals surface area contributed by atoms with E-state index in [-0.39, 0.29) is 18.6 Å². The third-order valence-corrected chi connectivity index (χ3v) is 9.24. The molecule has 0 bridgehead atoms. The Morgan fingerprint density at radius 1 is 0.957 bits per heavy atom. The van der Waals surface area contributed by atoms with Crippen LogP contribution in [0.4, 0.5) is 0 Å². The highest BCUT2D eigenvalue weighted by atomic mass is 32.2. The maximum absolute atomic E-state index is 13.5. The Hall–Kier alpha value is -3.14. The van der Waals surface area contributed by atoms with Crippen LogP contribution in [0, 0.1) is 13.8 Å². The number of aryl methyl sites for hydroxylation is 2. The first-order valence-electron chi connectivity index (χ1n) is 15.0. The van der Waals surface area contributed by atoms with E-state index < -0.39 is 69.8 Å². The lowest BCUT2D eigenvalue weighted by molar-refractivity contribution is -0.144. The maximum atomic E-state index is 13.5. The van der Waals surface area contributed by atoms with E-state index in [9.17, 15) is 34.2 Å². The number of aliphatic carboxylic acids is 1. The van der Waals surface area contributed by atoms with Crippen molar-refractivity contribution in [2.45, 2.75) is 88.0 Å². The number of nitrogens with one attached hydrogen (secondary N) is 3. The number of amides is 4. The number of nitrogens with two attached hydrogens (primary N) is 1. The van der Waals surface area contributed by atoms with Gasteiger partial charge in [0.15, 0.2) is 0 Å². The van der Waals surface area contributed by atoms with Gasteiger partial charge in [0, 0.05) is 28.7 Å². The number of hydrogen-bond acceptors (Lipinski definition) is 10. The molecule has 15 heteroatoms. The summed E-state index contributed by atoms with van der Waals surface area (Å²) in [6.07, 6.45) is 5.89. The lowest BCUT2D eigenvalue weighted by atomic mass is 9.95. The number of nitrogens with zero attached hydrogens (tertiary/aromatic N) is 1. The monoisotopic (exact) mass is 709 g/mol. The predicted molar refractivity (Wildman–Crippen MR) is 191 cm³/mol. The van der Waals surface area contributed by atoms with Crippen molar-refractivity contribution in [2.75, 3.05) is 19.3 Å². The molecule has 0 aliphatic carbocycles. The molecular weight excluding hydrogens is 663 g/mol. The average Bonchev–Trinajstić information content (AvgIpc) is 2.96. The fourth-order valence-corrected chi connectivity index (χ4v) is 6.15. The van der Waals surface area contributed by atoms with E-state index in [0.717, 1.165) is 26.5 Å². The van der Waals surface area contributed by atoms with Crippen LogP contribution in [0.2, 0.25) is 0 Å². The Morgan fingerprint density at radius 2 is 1.51 bits per heavy atom. The van der Waals surface area contributed by atoms with E-state index in [1.807, 2.05) is 18.2 Å². The molecule has 7 N–H and O–H groups in total. The summed E-state index contributed by atoms with van der Waals surface area (Å²) in [4.78, 5) is 67.2. The van der Waals surface area contributed by atoms with E-state index in [1.54, 1.807) is 53.7 Å². The van der Waals surface area contributed by atoms with Crippen LogP contribution in [-0.2, 0) is 30.4 Å². The van der Waals surface area contributed by atoms with Gasteiger partial charge in [-0.2, -0.15) is 25.3 Å². The van der Waals surface area contributed by atoms with Crippen molar-refractivity contribution in [3.05, 3.63) is 52.0 Å². The molecule has 260 valence electrons. The highest BCUT2D eigenvalue weighted by Crippen LogP contribution is 2.27. The lowest BCUT2D eigenvalue weighted by Gasteiger charge is -2.33. The third-order valence-electron chi connectivity index (χ3n) is 7.69. The number of carbonyl (C=O) groups excluding carboxylic acids is 4. The predicted octanol–water partition coefficient (Wildman–Crippen LogP) is 1.87. The van der Waals surface area contributed by atoms with Crippen molar-refractivity contribution in [3.63, 3.8) is 0 Å². The Balaban J connectivity index is 2.18. The molecule has 0 saturated heterocycles. The van der Waals surface area contributed by atoms with Crippen molar-refractivity contribution >= 4 is 66.6 Å². The van der Waals surface area contributed by atoms with E-state index >= 15 is 0 Å². The molecule has 1 aromatic carbocycles. The van der Waals surface area contributed by atoms with Gasteiger partial charge in [0.1, 0.15) is 23.9 Å². The molecule has 0 fully saturated rings. The van der Waals surface area contributed by atoms with Gasteiger partial charge in [-0.05, 0) is 81.7 Å². The topological polar surface area (TPSA) is 191 Å². The lowest BCUT2D eigenvalue weighted by Crippen LogP contribution is -2.60. The fraction of sp³-hybridized carbons (Fsp3) is 0.531. The summed E-state index contributed by atoms with van der Waals surface area (Å²) in [6, 6.07) is -1.48. The summed E-state index contributed by atoms with van der Waals surface area (Å²) in [6.45, 7) is 9.45. The van der Waals surface area contributed by atoms with Gasteiger partial charge >= 0.3 is 5.97 Å². The van der Waals surface area contributed by atoms with Crippen molar-refractivity contribution < 1.29 is 34.2 Å². The summed E-state index contributed by atoms with van der Waals surface area (Å²) < 4.78 is -2.17. The third kappa shape index (κ3) is 11.8. The number of thioether (sulfide) groups is 1. The highest BCUT2D eigenvalue weighted by Gasteiger charge is 2.38. The second kappa shape index (κ2) is 16.8. The van der Waals surface area contributed by atoms with Gasteiger partial charge in [-0.25, -0.2) is 4.79 Å². The van der Waals surface area contributed by atoms with Crippen LogP contribution in [-0.4, -0.2) is 97.7 Å². The number of rotatable bonds is 15. The van der Waals surface area contributed by atoms with Crippen LogP contribution < -0.4 is 21.7 Å². The van der Waals surface area contributed by atoms with Crippen molar-refractivity contribution in [2.24, 2.45) is 5.73 Å². The minimum absolute atomic E-state index is 0.107. The van der Waals surface area contributed by atoms with E-state index in [1.165, 1.54) is 18.8 Å². The second-order valence-corrected chi connectivity index (χ2v) is 16.2. The molecule has 4 amide bonds. The molecular formula is C32H47N5O7S3. The smallest absolute Gasteiger partial charge is 0.327 e. The molecule has 2 rings (SSSR count). The van der Waals surface area contributed by atoms with Crippen LogP contribution >= 0.6 is 37.0 Å². The molecule has 0 radical (unpaired) electrons. The molecule has 1 aliphatic heterocycles. The number of hydrogen-bond donors (Lipinski definition) is 8. The minimum Gasteiger partial charge on any atom is -0.508 e. The summed E-state index contributed by atoms with van der Waals surface area (Å²) in [7, 11) is 1.40. The summed E-state index contributed by atoms with van der Waals surface area (Å²) in [5.74, 6) is -3.09. The van der Waals surface area contributed by atoms with Crippen LogP contribution in [0.15, 0.2) is 35.3 Å². The molecule has 0 unspecified atom stereocenters. The first-order chi connectivity index (χ1) is 21.6. The zero-order valence-electron chi connectivity index (χ0n) is 27.8. The minimum atomic E-state index is -1.34. The van der Waals surface area contributed by atoms with Gasteiger partial charge in [0.25, 0.3) is 0 Å². The molecule has 12 nitrogen and oxygen atoms in total. The van der Waals surface area contributed by atoms with Gasteiger partial charge in [-0.3, -0.25) is 19.2 Å². The van der Waals surface area contributed by atoms with Gasteiger partial charge in [0.2, 0.25) is 23.6 Å². The SMILES string of the molecule is Cc1cc(O)cc(C)c1C[C@H](N)C(=O)N[C@@H](C(=O)NCC(=O)N(C)[C@@H](CC1=CC=CCS1)C(=O)N[C@@H](C(=O)O)C(C)(C)S)C(C)(C)S. The number of likely N-dealkylation sites (N-methyl/N-ethyl adjacent to an activating group) is 1. The van der Waals surface area contributed by atoms with E-state index in [2.05, 4.69) is 41.2 Å². The molecule has 0 saturated carbocycles. The molecule has 1 heterocycles. The standard InChI is InChI=1S/C32H47N5O7S3/c1-17-12-19(38)13-18(2)21(17)15-22(33)27(40)35-25(31(3,4)45)29(42)34-16-24(39)37(7)23(14-20-10-8-9-11-47-20)28(41)36-26(30(43)44)32(5,6)46/h8-10,12-13,22-23,25-26,38,45-46H,11,14-16,33H2,1-7H3,(H,34,42)(H,35,40)(H,36,41)(H,43,44)/t22-,23-,25-,26-/m0/s1. The Morgan fingerprint density at radius 3 is 2.00 bits per heavy atom. The van der Waals surface area contributed by atoms with Crippen molar-refractivity contribution in [3.8, 4) is 5.75 Å². The van der Waals surface area contributed by atoms with Crippen LogP contribution in [0.3, 0.4) is 0 Å². The molecule has 4 atom stereocenters. The quantitative estimate of drug-likeness (QED) is 0.126. The molecule has 1 aromatic rings. The van der Waals surface area contributed by atoms with Gasteiger partial charge in [-0.15, -0.1) is 11.8 Å². The number of carboxylic acids is 1. The van der Waals surface area contributed by atoms with E-state index in [0.29, 0.717) is 5.75 Å². The molecule has 0 spiro atoms. The highest BCUT2D eigenvalue weighted by molar-refractivity contribution is 8.03. The Bertz CT molecular complexity index is 1400. The number of carboxylic acid groups (broad SMARTS) is 1. The van der Waals surface area contributed by atoms with Gasteiger partial charge in [0.05, 0.1) is 12.6 Å². The first kappa shape index (κ1) is 40.0. The van der Waals surface area contributed by atoms with Crippen molar-refractivity contribution in [1.82, 2.24) is 20.9 Å². The Labute approximate surface area is 291 Å². The maximum Gasteiger partial charge on any atom is 0.327 e. The largest absolute Gasteiger partial charge is 0.508 e. The molecule has 1 aliphatic rings. The number of benzene rings is 1. The van der Waals surface area contributed by atoms with Gasteiger partial charge in [-0.1, -0.05) is 18.2 Å². The number of carbonyl (C=O) groups is 5. The van der Waals surface area contributed by atoms with Crippen LogP contribution in [0.1, 0.15) is 50.8 Å². The number of allylic oxidation sites excluding steroid dienone is 2. The van der Waals surface area contributed by atoms with Crippen molar-refractivity contribution in [1.29, 1.82) is 0 Å². The number of phenolic OH excluding ortho intramolecular Hbond substituents is 1. The zero-order valence-corrected chi connectivity index (χ0v) is 30.4. The number of aromatic hydroxyl groups is 1. The average molecular weight is 710 g/mol. The molecule has 47 heavy (non-hydrogen) atoms. The number of phenols is 1. The Kier molecular flexibility index (Phi) is 14.3. The van der Waals surface area contributed by atoms with E-state index in [4.69, 9.17) is 5.73 Å².